The Labute approximate surface area is 111 Å². The smallest absolute Gasteiger partial charge is 0.320 e. The number of benzene rings is 1. The summed E-state index contributed by atoms with van der Waals surface area (Å²) in [4.78, 5) is 11.1. The first kappa shape index (κ1) is 17.1. The maximum absolute atomic E-state index is 13.1. The van der Waals surface area contributed by atoms with Gasteiger partial charge < -0.3 is 10.6 Å². The van der Waals surface area contributed by atoms with Gasteiger partial charge >= 0.3 is 6.18 Å². The number of halogens is 8. The Morgan fingerprint density at radius 1 is 0.857 bits per heavy atom. The Bertz CT molecular complexity index is 528. The average molecular weight is 322 g/mol. The Morgan fingerprint density at radius 2 is 1.29 bits per heavy atom. The zero-order valence-electron chi connectivity index (χ0n) is 9.85. The maximum Gasteiger partial charge on any atom is 0.401 e. The van der Waals surface area contributed by atoms with Gasteiger partial charge in [-0.3, -0.25) is 4.79 Å². The van der Waals surface area contributed by atoms with Crippen molar-refractivity contribution >= 4 is 11.6 Å². The van der Waals surface area contributed by atoms with Crippen LogP contribution < -0.4 is 10.6 Å². The second-order valence-electron chi connectivity index (χ2n) is 3.71. The van der Waals surface area contributed by atoms with Gasteiger partial charge in [0.1, 0.15) is 5.69 Å². The number of hydrogen-bond acceptors (Lipinski definition) is 2. The minimum Gasteiger partial charge on any atom is -0.320 e. The summed E-state index contributed by atoms with van der Waals surface area (Å²) in [5.74, 6) is -13.0. The summed E-state index contributed by atoms with van der Waals surface area (Å²) >= 11 is 0. The molecule has 1 aromatic rings. The van der Waals surface area contributed by atoms with Crippen molar-refractivity contribution in [2.75, 3.05) is 18.4 Å². The summed E-state index contributed by atoms with van der Waals surface area (Å²) in [6.45, 7) is -2.61. The molecule has 1 aromatic carbocycles. The van der Waals surface area contributed by atoms with Gasteiger partial charge in [0, 0.05) is 0 Å². The van der Waals surface area contributed by atoms with Crippen LogP contribution in [0.5, 0.6) is 0 Å². The second kappa shape index (κ2) is 6.24. The van der Waals surface area contributed by atoms with Gasteiger partial charge in [-0.15, -0.1) is 0 Å². The highest BCUT2D eigenvalue weighted by Crippen LogP contribution is 2.26. The molecule has 1 rings (SSSR count). The summed E-state index contributed by atoms with van der Waals surface area (Å²) < 4.78 is 99.8. The van der Waals surface area contributed by atoms with Gasteiger partial charge in [0.15, 0.2) is 23.3 Å². The van der Waals surface area contributed by atoms with Gasteiger partial charge in [-0.25, -0.2) is 22.0 Å². The molecular weight excluding hydrogens is 316 g/mol. The fraction of sp³-hybridized carbons (Fsp3) is 0.300. The first-order valence-corrected chi connectivity index (χ1v) is 5.13. The van der Waals surface area contributed by atoms with E-state index in [-0.39, 0.29) is 0 Å². The molecule has 2 N–H and O–H groups in total. The number of amides is 1. The predicted molar refractivity (Wildman–Crippen MR) is 53.8 cm³/mol. The van der Waals surface area contributed by atoms with Gasteiger partial charge in [0.25, 0.3) is 0 Å². The van der Waals surface area contributed by atoms with Crippen molar-refractivity contribution in [3.8, 4) is 0 Å². The highest BCUT2D eigenvalue weighted by Gasteiger charge is 2.28. The minimum atomic E-state index is -4.63. The van der Waals surface area contributed by atoms with E-state index in [0.717, 1.165) is 0 Å². The molecule has 118 valence electrons. The highest BCUT2D eigenvalue weighted by molar-refractivity contribution is 5.92. The largest absolute Gasteiger partial charge is 0.401 e. The lowest BCUT2D eigenvalue weighted by Gasteiger charge is -2.11. The summed E-state index contributed by atoms with van der Waals surface area (Å²) in [6.07, 6.45) is -4.63. The van der Waals surface area contributed by atoms with Gasteiger partial charge in [0.05, 0.1) is 13.1 Å². The Hall–Kier alpha value is -1.91. The highest BCUT2D eigenvalue weighted by atomic mass is 19.4. The summed E-state index contributed by atoms with van der Waals surface area (Å²) in [7, 11) is 0. The number of rotatable bonds is 4. The molecule has 0 saturated heterocycles. The van der Waals surface area contributed by atoms with Crippen LogP contribution in [0.2, 0.25) is 0 Å². The van der Waals surface area contributed by atoms with Crippen molar-refractivity contribution in [3.05, 3.63) is 29.1 Å². The topological polar surface area (TPSA) is 41.1 Å². The van der Waals surface area contributed by atoms with E-state index in [2.05, 4.69) is 0 Å². The lowest BCUT2D eigenvalue weighted by molar-refractivity contribution is -0.127. The number of anilines is 1. The van der Waals surface area contributed by atoms with E-state index < -0.39 is 59.9 Å². The zero-order chi connectivity index (χ0) is 16.4. The van der Waals surface area contributed by atoms with Crippen molar-refractivity contribution in [3.63, 3.8) is 0 Å². The molecule has 21 heavy (non-hydrogen) atoms. The van der Waals surface area contributed by atoms with E-state index in [1.54, 1.807) is 5.32 Å². The first-order valence-electron chi connectivity index (χ1n) is 5.13. The summed E-state index contributed by atoms with van der Waals surface area (Å²) in [6, 6.07) is 0. The normalized spacial score (nSPS) is 11.6. The molecule has 0 heterocycles. The molecule has 0 aliphatic heterocycles. The van der Waals surface area contributed by atoms with Gasteiger partial charge in [-0.2, -0.15) is 13.2 Å². The molecule has 0 aromatic heterocycles. The van der Waals surface area contributed by atoms with Crippen molar-refractivity contribution in [2.45, 2.75) is 6.18 Å². The van der Waals surface area contributed by atoms with Crippen LogP contribution in [0.1, 0.15) is 0 Å². The SMILES string of the molecule is O=C(CNCC(F)(F)F)Nc1c(F)c(F)c(F)c(F)c1F. The Morgan fingerprint density at radius 3 is 1.71 bits per heavy atom. The van der Waals surface area contributed by atoms with Crippen LogP contribution in [0.3, 0.4) is 0 Å². The third-order valence-corrected chi connectivity index (χ3v) is 2.09. The molecule has 0 atom stereocenters. The molecule has 3 nitrogen and oxygen atoms in total. The van der Waals surface area contributed by atoms with Crippen LogP contribution in [0.4, 0.5) is 40.8 Å². The summed E-state index contributed by atoms with van der Waals surface area (Å²) in [5, 5.41) is 2.89. The zero-order valence-corrected chi connectivity index (χ0v) is 9.85. The minimum absolute atomic E-state index is 1.04. The Balaban J connectivity index is 2.82. The van der Waals surface area contributed by atoms with E-state index in [9.17, 15) is 39.9 Å². The van der Waals surface area contributed by atoms with E-state index in [4.69, 9.17) is 0 Å². The molecule has 0 radical (unpaired) electrons. The molecule has 11 heteroatoms. The maximum atomic E-state index is 13.1. The van der Waals surface area contributed by atoms with Crippen LogP contribution in [0.25, 0.3) is 0 Å². The standard InChI is InChI=1S/C10H6F8N2O/c11-4-5(12)7(14)9(8(15)6(4)13)20-3(21)1-19-2-10(16,17)18/h19H,1-2H2,(H,20,21). The molecule has 0 saturated carbocycles. The van der Waals surface area contributed by atoms with Crippen LogP contribution in [0, 0.1) is 29.1 Å². The lowest BCUT2D eigenvalue weighted by Crippen LogP contribution is -2.35. The third-order valence-electron chi connectivity index (χ3n) is 2.09. The van der Waals surface area contributed by atoms with E-state index >= 15 is 0 Å². The fourth-order valence-corrected chi connectivity index (χ4v) is 1.22. The third kappa shape index (κ3) is 4.28. The number of alkyl halides is 3. The van der Waals surface area contributed by atoms with Gasteiger partial charge in [-0.1, -0.05) is 0 Å². The van der Waals surface area contributed by atoms with E-state index in [0.29, 0.717) is 0 Å². The lowest BCUT2D eigenvalue weighted by atomic mass is 10.2. The quantitative estimate of drug-likeness (QED) is 0.508. The van der Waals surface area contributed by atoms with Crippen molar-refractivity contribution in [1.82, 2.24) is 5.32 Å². The van der Waals surface area contributed by atoms with Crippen LogP contribution in [-0.4, -0.2) is 25.2 Å². The number of carbonyl (C=O) groups is 1. The Kier molecular flexibility index (Phi) is 5.10. The number of carbonyl (C=O) groups excluding carboxylic acids is 1. The van der Waals surface area contributed by atoms with Gasteiger partial charge in [-0.05, 0) is 0 Å². The average Bonchev–Trinajstić information content (AvgIpc) is 2.38. The fourth-order valence-electron chi connectivity index (χ4n) is 1.22. The number of hydrogen-bond donors (Lipinski definition) is 2. The van der Waals surface area contributed by atoms with Crippen LogP contribution in [-0.2, 0) is 4.79 Å². The molecule has 0 aliphatic carbocycles. The van der Waals surface area contributed by atoms with Crippen LogP contribution >= 0.6 is 0 Å². The van der Waals surface area contributed by atoms with Crippen molar-refractivity contribution in [2.24, 2.45) is 0 Å². The molecular formula is C10H6F8N2O. The van der Waals surface area contributed by atoms with E-state index in [1.807, 2.05) is 0 Å². The molecule has 0 fully saturated rings. The monoisotopic (exact) mass is 322 g/mol. The molecule has 0 aliphatic rings. The molecule has 0 spiro atoms. The molecule has 1 amide bonds. The first-order chi connectivity index (χ1) is 9.54. The molecule has 0 unspecified atom stereocenters. The number of nitrogens with one attached hydrogen (secondary N) is 2. The van der Waals surface area contributed by atoms with Crippen molar-refractivity contribution in [1.29, 1.82) is 0 Å². The van der Waals surface area contributed by atoms with Gasteiger partial charge in [0.2, 0.25) is 11.7 Å². The van der Waals surface area contributed by atoms with Crippen molar-refractivity contribution < 1.29 is 39.9 Å². The molecule has 0 bridgehead atoms. The van der Waals surface area contributed by atoms with Crippen LogP contribution in [0.15, 0.2) is 0 Å². The summed E-state index contributed by atoms with van der Waals surface area (Å²) in [5.41, 5.74) is -1.63. The second-order valence-corrected chi connectivity index (χ2v) is 3.71. The predicted octanol–water partition coefficient (Wildman–Crippen LogP) is 2.47. The van der Waals surface area contributed by atoms with E-state index in [1.165, 1.54) is 5.32 Å².